The average molecular weight is 393 g/mol. The zero-order valence-corrected chi connectivity index (χ0v) is 15.3. The first-order valence-corrected chi connectivity index (χ1v) is 9.23. The van der Waals surface area contributed by atoms with Gasteiger partial charge in [-0.1, -0.05) is 29.8 Å². The van der Waals surface area contributed by atoms with E-state index in [-0.39, 0.29) is 17.0 Å². The number of hydrogen-bond acceptors (Lipinski definition) is 5. The number of sulfonamides is 1. The fourth-order valence-electron chi connectivity index (χ4n) is 1.96. The van der Waals surface area contributed by atoms with Crippen molar-refractivity contribution in [1.29, 1.82) is 0 Å². The summed E-state index contributed by atoms with van der Waals surface area (Å²) in [6.07, 6.45) is 0. The topological polar surface area (TPSA) is 75.7 Å². The molecule has 0 amide bonds. The summed E-state index contributed by atoms with van der Waals surface area (Å²) in [6.45, 7) is 6.62. The van der Waals surface area contributed by atoms with Crippen LogP contribution in [-0.2, 0) is 14.8 Å². The van der Waals surface area contributed by atoms with Crippen LogP contribution < -0.4 is 4.72 Å². The highest BCUT2D eigenvalue weighted by atomic mass is 79.9. The van der Waals surface area contributed by atoms with Crippen LogP contribution in [0.25, 0.3) is 0 Å². The van der Waals surface area contributed by atoms with Gasteiger partial charge in [0.25, 0.3) is 0 Å². The van der Waals surface area contributed by atoms with E-state index >= 15 is 0 Å². The highest BCUT2D eigenvalue weighted by Crippen LogP contribution is 2.21. The van der Waals surface area contributed by atoms with E-state index in [0.717, 1.165) is 13.1 Å². The first-order chi connectivity index (χ1) is 10.4. The van der Waals surface area contributed by atoms with E-state index < -0.39 is 16.0 Å². The monoisotopic (exact) mass is 392 g/mol. The van der Waals surface area contributed by atoms with Gasteiger partial charge in [0, 0.05) is 17.6 Å². The van der Waals surface area contributed by atoms with Gasteiger partial charge in [-0.05, 0) is 31.3 Å². The van der Waals surface area contributed by atoms with Gasteiger partial charge in [-0.25, -0.2) is 17.9 Å². The Labute approximate surface area is 140 Å². The second kappa shape index (κ2) is 8.61. The molecule has 0 bridgehead atoms. The molecule has 0 spiro atoms. The SMILES string of the molecule is CCN(CC)CCNS(=O)(=O)c1ccc(Br)cc1C(=O)OC. The van der Waals surface area contributed by atoms with Crippen molar-refractivity contribution in [3.63, 3.8) is 0 Å². The third-order valence-electron chi connectivity index (χ3n) is 3.25. The molecule has 0 radical (unpaired) electrons. The molecule has 1 aromatic rings. The predicted octanol–water partition coefficient (Wildman–Crippen LogP) is 1.86. The summed E-state index contributed by atoms with van der Waals surface area (Å²) in [6, 6.07) is 4.40. The third kappa shape index (κ3) is 5.05. The van der Waals surface area contributed by atoms with Gasteiger partial charge in [0.2, 0.25) is 10.0 Å². The Morgan fingerprint density at radius 1 is 1.32 bits per heavy atom. The molecular formula is C14H21BrN2O4S. The lowest BCUT2D eigenvalue weighted by Gasteiger charge is -2.18. The molecular weight excluding hydrogens is 372 g/mol. The van der Waals surface area contributed by atoms with Crippen LogP contribution in [0.4, 0.5) is 0 Å². The van der Waals surface area contributed by atoms with Crippen molar-refractivity contribution in [3.05, 3.63) is 28.2 Å². The minimum Gasteiger partial charge on any atom is -0.465 e. The second-order valence-electron chi connectivity index (χ2n) is 4.56. The Kier molecular flexibility index (Phi) is 7.47. The summed E-state index contributed by atoms with van der Waals surface area (Å²) in [5.41, 5.74) is 0.00668. The Morgan fingerprint density at radius 2 is 1.95 bits per heavy atom. The van der Waals surface area contributed by atoms with Crippen molar-refractivity contribution in [2.75, 3.05) is 33.3 Å². The lowest BCUT2D eigenvalue weighted by molar-refractivity contribution is 0.0596. The van der Waals surface area contributed by atoms with Gasteiger partial charge in [-0.3, -0.25) is 0 Å². The third-order valence-corrected chi connectivity index (χ3v) is 5.26. The van der Waals surface area contributed by atoms with Gasteiger partial charge in [-0.15, -0.1) is 0 Å². The van der Waals surface area contributed by atoms with Crippen LogP contribution >= 0.6 is 15.9 Å². The molecule has 8 heteroatoms. The molecule has 0 atom stereocenters. The number of esters is 1. The summed E-state index contributed by atoms with van der Waals surface area (Å²) in [4.78, 5) is 13.8. The van der Waals surface area contributed by atoms with Crippen LogP contribution in [0.15, 0.2) is 27.6 Å². The number of likely N-dealkylation sites (N-methyl/N-ethyl adjacent to an activating group) is 1. The van der Waals surface area contributed by atoms with E-state index in [9.17, 15) is 13.2 Å². The van der Waals surface area contributed by atoms with Crippen molar-refractivity contribution in [2.45, 2.75) is 18.7 Å². The summed E-state index contributed by atoms with van der Waals surface area (Å²) in [5, 5.41) is 0. The first-order valence-electron chi connectivity index (χ1n) is 6.95. The van der Waals surface area contributed by atoms with E-state index in [1.807, 2.05) is 13.8 Å². The van der Waals surface area contributed by atoms with Crippen molar-refractivity contribution >= 4 is 31.9 Å². The number of carbonyl (C=O) groups excluding carboxylic acids is 1. The molecule has 0 fully saturated rings. The lowest BCUT2D eigenvalue weighted by Crippen LogP contribution is -2.35. The molecule has 1 rings (SSSR count). The van der Waals surface area contributed by atoms with Crippen molar-refractivity contribution in [3.8, 4) is 0 Å². The second-order valence-corrected chi connectivity index (χ2v) is 7.21. The van der Waals surface area contributed by atoms with Crippen LogP contribution in [0.5, 0.6) is 0 Å². The molecule has 0 aromatic heterocycles. The van der Waals surface area contributed by atoms with Crippen molar-refractivity contribution in [1.82, 2.24) is 9.62 Å². The molecule has 0 aliphatic rings. The molecule has 0 aliphatic heterocycles. The van der Waals surface area contributed by atoms with Gasteiger partial charge < -0.3 is 9.64 Å². The van der Waals surface area contributed by atoms with Gasteiger partial charge in [0.15, 0.2) is 0 Å². The van der Waals surface area contributed by atoms with Gasteiger partial charge in [0.05, 0.1) is 17.6 Å². The maximum absolute atomic E-state index is 12.4. The molecule has 6 nitrogen and oxygen atoms in total. The normalized spacial score (nSPS) is 11.7. The van der Waals surface area contributed by atoms with Crippen LogP contribution in [0.3, 0.4) is 0 Å². The Bertz CT molecular complexity index is 615. The van der Waals surface area contributed by atoms with E-state index in [2.05, 4.69) is 30.3 Å². The van der Waals surface area contributed by atoms with Crippen LogP contribution in [0.1, 0.15) is 24.2 Å². The van der Waals surface area contributed by atoms with Crippen molar-refractivity contribution < 1.29 is 17.9 Å². The molecule has 0 saturated carbocycles. The Balaban J connectivity index is 2.96. The molecule has 0 unspecified atom stereocenters. The standard InChI is InChI=1S/C14H21BrN2O4S/c1-4-17(5-2)9-8-16-22(19,20)13-7-6-11(15)10-12(13)14(18)21-3/h6-7,10,16H,4-5,8-9H2,1-3H3. The molecule has 0 saturated heterocycles. The van der Waals surface area contributed by atoms with Crippen molar-refractivity contribution in [2.24, 2.45) is 0 Å². The lowest BCUT2D eigenvalue weighted by atomic mass is 10.2. The number of ether oxygens (including phenoxy) is 1. The molecule has 124 valence electrons. The van der Waals surface area contributed by atoms with Crippen LogP contribution in [-0.4, -0.2) is 52.6 Å². The minimum atomic E-state index is -3.77. The number of rotatable bonds is 8. The predicted molar refractivity (Wildman–Crippen MR) is 88.5 cm³/mol. The number of benzene rings is 1. The molecule has 1 N–H and O–H groups in total. The summed E-state index contributed by atoms with van der Waals surface area (Å²) < 4.78 is 32.6. The zero-order chi connectivity index (χ0) is 16.8. The fourth-order valence-corrected chi connectivity index (χ4v) is 3.52. The van der Waals surface area contributed by atoms with Gasteiger partial charge in [-0.2, -0.15) is 0 Å². The zero-order valence-electron chi connectivity index (χ0n) is 12.9. The minimum absolute atomic E-state index is 0.00668. The number of nitrogens with zero attached hydrogens (tertiary/aromatic N) is 1. The van der Waals surface area contributed by atoms with Gasteiger partial charge in [0.1, 0.15) is 0 Å². The van der Waals surface area contributed by atoms with E-state index in [1.54, 1.807) is 6.07 Å². The number of halogens is 1. The van der Waals surface area contributed by atoms with E-state index in [4.69, 9.17) is 0 Å². The maximum Gasteiger partial charge on any atom is 0.339 e. The number of nitrogens with one attached hydrogen (secondary N) is 1. The molecule has 0 heterocycles. The number of methoxy groups -OCH3 is 1. The Hall–Kier alpha value is -0.960. The molecule has 1 aromatic carbocycles. The quantitative estimate of drug-likeness (QED) is 0.683. The number of hydrogen-bond donors (Lipinski definition) is 1. The first kappa shape index (κ1) is 19.1. The van der Waals surface area contributed by atoms with E-state index in [0.29, 0.717) is 11.0 Å². The smallest absolute Gasteiger partial charge is 0.339 e. The van der Waals surface area contributed by atoms with E-state index in [1.165, 1.54) is 19.2 Å². The maximum atomic E-state index is 12.4. The highest BCUT2D eigenvalue weighted by molar-refractivity contribution is 9.10. The van der Waals surface area contributed by atoms with Crippen LogP contribution in [0, 0.1) is 0 Å². The Morgan fingerprint density at radius 3 is 2.50 bits per heavy atom. The fraction of sp³-hybridized carbons (Fsp3) is 0.500. The number of carbonyl (C=O) groups is 1. The summed E-state index contributed by atoms with van der Waals surface area (Å²) >= 11 is 3.22. The van der Waals surface area contributed by atoms with Crippen LogP contribution in [0.2, 0.25) is 0 Å². The molecule has 22 heavy (non-hydrogen) atoms. The molecule has 0 aliphatic carbocycles. The average Bonchev–Trinajstić information content (AvgIpc) is 2.50. The van der Waals surface area contributed by atoms with Gasteiger partial charge >= 0.3 is 5.97 Å². The summed E-state index contributed by atoms with van der Waals surface area (Å²) in [7, 11) is -2.56. The summed E-state index contributed by atoms with van der Waals surface area (Å²) in [5.74, 6) is -0.689. The highest BCUT2D eigenvalue weighted by Gasteiger charge is 2.23. The largest absolute Gasteiger partial charge is 0.465 e.